The normalized spacial score (nSPS) is 24.0. The minimum absolute atomic E-state index is 0.151. The van der Waals surface area contributed by atoms with Gasteiger partial charge in [0.1, 0.15) is 0 Å². The molecule has 5 nitrogen and oxygen atoms in total. The highest BCUT2D eigenvalue weighted by Gasteiger charge is 2.41. The van der Waals surface area contributed by atoms with E-state index in [4.69, 9.17) is 16.3 Å². The lowest BCUT2D eigenvalue weighted by Crippen LogP contribution is -2.46. The highest BCUT2D eigenvalue weighted by Crippen LogP contribution is 2.38. The lowest BCUT2D eigenvalue weighted by atomic mass is 9.79. The van der Waals surface area contributed by atoms with E-state index in [9.17, 15) is 4.79 Å². The zero-order valence-electron chi connectivity index (χ0n) is 13.4. The molecule has 2 aliphatic heterocycles. The van der Waals surface area contributed by atoms with Crippen LogP contribution in [0.4, 0.5) is 0 Å². The van der Waals surface area contributed by atoms with Crippen molar-refractivity contribution in [1.82, 2.24) is 15.1 Å². The van der Waals surface area contributed by atoms with Gasteiger partial charge in [0.2, 0.25) is 5.91 Å². The summed E-state index contributed by atoms with van der Waals surface area (Å²) in [5.74, 6) is 0.218. The van der Waals surface area contributed by atoms with Gasteiger partial charge in [-0.15, -0.1) is 0 Å². The number of aromatic amines is 1. The number of rotatable bonds is 3. The number of carbonyl (C=O) groups excluding carboxylic acids is 1. The summed E-state index contributed by atoms with van der Waals surface area (Å²) in [7, 11) is 0. The summed E-state index contributed by atoms with van der Waals surface area (Å²) in [6, 6.07) is 7.64. The third kappa shape index (κ3) is 2.94. The Morgan fingerprint density at radius 2 is 2.12 bits per heavy atom. The summed E-state index contributed by atoms with van der Waals surface area (Å²) in [5, 5.41) is 7.93. The van der Waals surface area contributed by atoms with Crippen LogP contribution in [0.3, 0.4) is 0 Å². The van der Waals surface area contributed by atoms with Crippen LogP contribution < -0.4 is 0 Å². The molecule has 3 heterocycles. The summed E-state index contributed by atoms with van der Waals surface area (Å²) in [6.45, 7) is 2.93. The van der Waals surface area contributed by atoms with Crippen molar-refractivity contribution in [2.45, 2.75) is 25.8 Å². The van der Waals surface area contributed by atoms with Crippen molar-refractivity contribution in [1.29, 1.82) is 0 Å². The van der Waals surface area contributed by atoms with E-state index in [2.05, 4.69) is 10.2 Å². The van der Waals surface area contributed by atoms with Gasteiger partial charge in [0, 0.05) is 42.1 Å². The summed E-state index contributed by atoms with van der Waals surface area (Å²) < 4.78 is 5.59. The zero-order valence-corrected chi connectivity index (χ0v) is 14.2. The largest absolute Gasteiger partial charge is 0.381 e. The first-order valence-electron chi connectivity index (χ1n) is 8.29. The summed E-state index contributed by atoms with van der Waals surface area (Å²) in [5.41, 5.74) is 3.15. The molecule has 1 N–H and O–H groups in total. The van der Waals surface area contributed by atoms with E-state index in [0.717, 1.165) is 49.4 Å². The third-order valence-corrected chi connectivity index (χ3v) is 5.40. The molecular formula is C18H20ClN3O2. The average Bonchev–Trinajstić information content (AvgIpc) is 3.22. The SMILES string of the molecule is O=C1CCC2(CCOC2)CN1Cc1cn[nH]c1-c1ccc(Cl)cc1. The number of nitrogens with zero attached hydrogens (tertiary/aromatic N) is 2. The smallest absolute Gasteiger partial charge is 0.222 e. The zero-order chi connectivity index (χ0) is 16.6. The number of piperidine rings is 1. The molecule has 1 unspecified atom stereocenters. The minimum Gasteiger partial charge on any atom is -0.381 e. The highest BCUT2D eigenvalue weighted by molar-refractivity contribution is 6.30. The minimum atomic E-state index is 0.151. The lowest BCUT2D eigenvalue weighted by Gasteiger charge is -2.39. The Morgan fingerprint density at radius 3 is 2.88 bits per heavy atom. The number of likely N-dealkylation sites (tertiary alicyclic amines) is 1. The number of carbonyl (C=O) groups is 1. The van der Waals surface area contributed by atoms with Gasteiger partial charge in [0.15, 0.2) is 0 Å². The fraction of sp³-hybridized carbons (Fsp3) is 0.444. The second-order valence-corrected chi connectivity index (χ2v) is 7.27. The van der Waals surface area contributed by atoms with Gasteiger partial charge in [0.25, 0.3) is 0 Å². The Balaban J connectivity index is 1.56. The standard InChI is InChI=1S/C18H20ClN3O2/c19-15-3-1-13(2-4-15)17-14(9-20-21-17)10-22-11-18(6-5-16(22)23)7-8-24-12-18/h1-4,9H,5-8,10-12H2,(H,20,21). The first-order valence-corrected chi connectivity index (χ1v) is 8.67. The first kappa shape index (κ1) is 15.7. The quantitative estimate of drug-likeness (QED) is 0.928. The first-order chi connectivity index (χ1) is 11.7. The summed E-state index contributed by atoms with van der Waals surface area (Å²) in [6.07, 6.45) is 4.41. The molecule has 2 aromatic rings. The van der Waals surface area contributed by atoms with Gasteiger partial charge in [0.05, 0.1) is 18.5 Å². The van der Waals surface area contributed by atoms with Gasteiger partial charge in [-0.3, -0.25) is 9.89 Å². The number of hydrogen-bond acceptors (Lipinski definition) is 3. The molecule has 1 aromatic heterocycles. The van der Waals surface area contributed by atoms with E-state index in [0.29, 0.717) is 18.0 Å². The van der Waals surface area contributed by atoms with E-state index in [-0.39, 0.29) is 11.3 Å². The van der Waals surface area contributed by atoms with E-state index in [1.807, 2.05) is 35.4 Å². The number of H-pyrrole nitrogens is 1. The van der Waals surface area contributed by atoms with Gasteiger partial charge in [-0.05, 0) is 30.5 Å². The van der Waals surface area contributed by atoms with Gasteiger partial charge in [-0.25, -0.2) is 0 Å². The maximum atomic E-state index is 12.4. The van der Waals surface area contributed by atoms with Crippen LogP contribution in [-0.4, -0.2) is 40.8 Å². The summed E-state index contributed by atoms with van der Waals surface area (Å²) >= 11 is 5.97. The van der Waals surface area contributed by atoms with Crippen LogP contribution in [0.2, 0.25) is 5.02 Å². The fourth-order valence-electron chi connectivity index (χ4n) is 3.72. The van der Waals surface area contributed by atoms with Gasteiger partial charge < -0.3 is 9.64 Å². The molecule has 0 aliphatic carbocycles. The molecule has 0 radical (unpaired) electrons. The number of hydrogen-bond donors (Lipinski definition) is 1. The van der Waals surface area contributed by atoms with E-state index >= 15 is 0 Å². The molecule has 0 saturated carbocycles. The predicted molar refractivity (Wildman–Crippen MR) is 91.6 cm³/mol. The molecule has 2 fully saturated rings. The molecule has 2 saturated heterocycles. The van der Waals surface area contributed by atoms with Crippen LogP contribution in [0.15, 0.2) is 30.5 Å². The summed E-state index contributed by atoms with van der Waals surface area (Å²) in [4.78, 5) is 14.4. The van der Waals surface area contributed by atoms with Crippen molar-refractivity contribution in [2.75, 3.05) is 19.8 Å². The monoisotopic (exact) mass is 345 g/mol. The molecule has 2 aliphatic rings. The van der Waals surface area contributed by atoms with Crippen LogP contribution >= 0.6 is 11.6 Å². The molecule has 126 valence electrons. The van der Waals surface area contributed by atoms with Gasteiger partial charge in [-0.2, -0.15) is 5.10 Å². The second kappa shape index (κ2) is 6.22. The Kier molecular flexibility index (Phi) is 4.06. The number of ether oxygens (including phenoxy) is 1. The number of aromatic nitrogens is 2. The van der Waals surface area contributed by atoms with Crippen molar-refractivity contribution in [2.24, 2.45) is 5.41 Å². The molecule has 1 aromatic carbocycles. The van der Waals surface area contributed by atoms with E-state index < -0.39 is 0 Å². The van der Waals surface area contributed by atoms with Gasteiger partial charge >= 0.3 is 0 Å². The highest BCUT2D eigenvalue weighted by atomic mass is 35.5. The van der Waals surface area contributed by atoms with Crippen molar-refractivity contribution < 1.29 is 9.53 Å². The number of halogens is 1. The van der Waals surface area contributed by atoms with Crippen LogP contribution in [0, 0.1) is 5.41 Å². The van der Waals surface area contributed by atoms with Gasteiger partial charge in [-0.1, -0.05) is 23.7 Å². The van der Waals surface area contributed by atoms with Crippen LogP contribution in [0.25, 0.3) is 11.3 Å². The Bertz CT molecular complexity index is 735. The molecular weight excluding hydrogens is 326 g/mol. The fourth-order valence-corrected chi connectivity index (χ4v) is 3.85. The lowest BCUT2D eigenvalue weighted by molar-refractivity contribution is -0.138. The van der Waals surface area contributed by atoms with Crippen LogP contribution in [-0.2, 0) is 16.1 Å². The number of amides is 1. The van der Waals surface area contributed by atoms with Crippen molar-refractivity contribution in [3.8, 4) is 11.3 Å². The maximum Gasteiger partial charge on any atom is 0.222 e. The second-order valence-electron chi connectivity index (χ2n) is 6.83. The molecule has 24 heavy (non-hydrogen) atoms. The predicted octanol–water partition coefficient (Wildman–Crippen LogP) is 3.26. The molecule has 1 amide bonds. The van der Waals surface area contributed by atoms with Crippen molar-refractivity contribution in [3.63, 3.8) is 0 Å². The molecule has 6 heteroatoms. The topological polar surface area (TPSA) is 58.2 Å². The van der Waals surface area contributed by atoms with E-state index in [1.54, 1.807) is 0 Å². The number of benzene rings is 1. The van der Waals surface area contributed by atoms with Crippen LogP contribution in [0.1, 0.15) is 24.8 Å². The van der Waals surface area contributed by atoms with Crippen molar-refractivity contribution >= 4 is 17.5 Å². The molecule has 0 bridgehead atoms. The number of nitrogens with one attached hydrogen (secondary N) is 1. The van der Waals surface area contributed by atoms with E-state index in [1.165, 1.54) is 0 Å². The Hall–Kier alpha value is -1.85. The molecule has 1 spiro atoms. The molecule has 1 atom stereocenters. The Labute approximate surface area is 145 Å². The third-order valence-electron chi connectivity index (χ3n) is 5.15. The van der Waals surface area contributed by atoms with Crippen LogP contribution in [0.5, 0.6) is 0 Å². The Morgan fingerprint density at radius 1 is 1.29 bits per heavy atom. The molecule has 4 rings (SSSR count). The van der Waals surface area contributed by atoms with Crippen molar-refractivity contribution in [3.05, 3.63) is 41.0 Å². The average molecular weight is 346 g/mol. The maximum absolute atomic E-state index is 12.4.